The van der Waals surface area contributed by atoms with Gasteiger partial charge in [0, 0.05) is 45.4 Å². The lowest BCUT2D eigenvalue weighted by molar-refractivity contribution is -0.159. The van der Waals surface area contributed by atoms with Gasteiger partial charge in [0.2, 0.25) is 0 Å². The first-order valence-corrected chi connectivity index (χ1v) is 27.8. The first-order chi connectivity index (χ1) is 33.3. The van der Waals surface area contributed by atoms with Gasteiger partial charge in [-0.2, -0.15) is 0 Å². The number of unbranched alkanes of at least 4 members (excludes halogenated alkanes) is 19. The number of carbonyl (C=O) groups is 4. The Morgan fingerprint density at radius 2 is 0.824 bits per heavy atom. The Balaban J connectivity index is 4.37. The fourth-order valence-corrected chi connectivity index (χ4v) is 7.58. The van der Waals surface area contributed by atoms with E-state index in [1.807, 2.05) is 0 Å². The summed E-state index contributed by atoms with van der Waals surface area (Å²) in [4.78, 5) is 52.2. The lowest BCUT2D eigenvalue weighted by Crippen LogP contribution is -2.29. The molecular formula is C56H103NO11. The topological polar surface area (TPSA) is 147 Å². The van der Waals surface area contributed by atoms with E-state index < -0.39 is 5.92 Å². The SMILES string of the molecule is CC/C=C\CCCCOC(CCC(=O)OCCCCCCCN(CCO)CCCCCCC(=O)OCC(COC(=O)CCCCCCC)COC(=O)CCCCCCC)OCCCC/C=C\CC. The molecule has 0 aromatic rings. The summed E-state index contributed by atoms with van der Waals surface area (Å²) in [6.45, 7) is 13.1. The van der Waals surface area contributed by atoms with Crippen molar-refractivity contribution in [2.45, 2.75) is 239 Å². The average molecular weight is 966 g/mol. The molecule has 0 aliphatic carbocycles. The first-order valence-electron chi connectivity index (χ1n) is 27.8. The van der Waals surface area contributed by atoms with Gasteiger partial charge >= 0.3 is 23.9 Å². The van der Waals surface area contributed by atoms with Gasteiger partial charge in [-0.25, -0.2) is 0 Å². The number of ether oxygens (including phenoxy) is 6. The summed E-state index contributed by atoms with van der Waals surface area (Å²) < 4.78 is 34.2. The second kappa shape index (κ2) is 52.0. The summed E-state index contributed by atoms with van der Waals surface area (Å²) in [5.74, 6) is -1.44. The van der Waals surface area contributed by atoms with E-state index in [2.05, 4.69) is 56.9 Å². The van der Waals surface area contributed by atoms with E-state index in [1.165, 1.54) is 0 Å². The molecule has 0 aromatic carbocycles. The molecule has 0 unspecified atom stereocenters. The largest absolute Gasteiger partial charge is 0.466 e. The molecule has 398 valence electrons. The summed E-state index contributed by atoms with van der Waals surface area (Å²) in [7, 11) is 0. The van der Waals surface area contributed by atoms with Crippen LogP contribution in [0, 0.1) is 5.92 Å². The normalized spacial score (nSPS) is 11.8. The van der Waals surface area contributed by atoms with Crippen LogP contribution in [-0.4, -0.2) is 106 Å². The molecule has 0 fully saturated rings. The Bertz CT molecular complexity index is 1160. The van der Waals surface area contributed by atoms with Crippen LogP contribution in [0.2, 0.25) is 0 Å². The van der Waals surface area contributed by atoms with Crippen LogP contribution in [0.3, 0.4) is 0 Å². The Morgan fingerprint density at radius 1 is 0.426 bits per heavy atom. The van der Waals surface area contributed by atoms with Crippen molar-refractivity contribution in [3.05, 3.63) is 24.3 Å². The second-order valence-electron chi connectivity index (χ2n) is 18.4. The van der Waals surface area contributed by atoms with E-state index in [-0.39, 0.29) is 63.0 Å². The number of hydrogen-bond acceptors (Lipinski definition) is 12. The number of aliphatic hydroxyl groups is 1. The van der Waals surface area contributed by atoms with Crippen LogP contribution in [0.15, 0.2) is 24.3 Å². The van der Waals surface area contributed by atoms with Crippen molar-refractivity contribution in [2.75, 3.05) is 65.9 Å². The minimum Gasteiger partial charge on any atom is -0.466 e. The fraction of sp³-hybridized carbons (Fsp3) is 0.857. The van der Waals surface area contributed by atoms with Crippen molar-refractivity contribution in [1.82, 2.24) is 4.90 Å². The third-order valence-electron chi connectivity index (χ3n) is 11.8. The lowest BCUT2D eigenvalue weighted by atomic mass is 10.1. The third-order valence-corrected chi connectivity index (χ3v) is 11.8. The van der Waals surface area contributed by atoms with Crippen LogP contribution in [0.5, 0.6) is 0 Å². The molecule has 68 heavy (non-hydrogen) atoms. The molecule has 0 rings (SSSR count). The molecule has 0 saturated heterocycles. The summed E-state index contributed by atoms with van der Waals surface area (Å²) >= 11 is 0. The summed E-state index contributed by atoms with van der Waals surface area (Å²) in [5, 5.41) is 9.64. The number of esters is 4. The minimum absolute atomic E-state index is 0.0408. The summed E-state index contributed by atoms with van der Waals surface area (Å²) in [5.41, 5.74) is 0. The molecule has 12 nitrogen and oxygen atoms in total. The maximum Gasteiger partial charge on any atom is 0.305 e. The van der Waals surface area contributed by atoms with E-state index in [0.29, 0.717) is 52.0 Å². The highest BCUT2D eigenvalue weighted by Gasteiger charge is 2.18. The van der Waals surface area contributed by atoms with Crippen molar-refractivity contribution in [1.29, 1.82) is 0 Å². The standard InChI is InChI=1S/C56H103NO11/c1-5-9-13-17-25-34-46-64-56(65-47-35-26-18-14-10-6-2)40-39-55(62)63-45-33-27-19-23-31-41-57(43-44-58)42-32-24-22-30-38-54(61)68-50-51(48-66-52(59)36-28-20-15-11-7-3)49-67-53(60)37-29-21-16-12-8-4/h9-10,13-14,51,56,58H,5-8,11-12,15-50H2,1-4H3/b13-9-,14-10-. The van der Waals surface area contributed by atoms with E-state index in [1.54, 1.807) is 0 Å². The number of rotatable bonds is 52. The van der Waals surface area contributed by atoms with Gasteiger partial charge in [0.25, 0.3) is 0 Å². The molecule has 12 heteroatoms. The molecule has 0 bridgehead atoms. The van der Waals surface area contributed by atoms with E-state index in [0.717, 1.165) is 186 Å². The Kier molecular flexibility index (Phi) is 49.9. The number of hydrogen-bond donors (Lipinski definition) is 1. The second-order valence-corrected chi connectivity index (χ2v) is 18.4. The number of allylic oxidation sites excluding steroid dienone is 4. The van der Waals surface area contributed by atoms with Gasteiger partial charge < -0.3 is 38.4 Å². The van der Waals surface area contributed by atoms with Crippen molar-refractivity contribution in [3.8, 4) is 0 Å². The minimum atomic E-state index is -0.402. The van der Waals surface area contributed by atoms with Gasteiger partial charge in [-0.3, -0.25) is 19.2 Å². The zero-order chi connectivity index (χ0) is 49.8. The van der Waals surface area contributed by atoms with Crippen LogP contribution in [0.1, 0.15) is 233 Å². The van der Waals surface area contributed by atoms with E-state index in [4.69, 9.17) is 28.4 Å². The van der Waals surface area contributed by atoms with Gasteiger partial charge in [-0.1, -0.05) is 135 Å². The van der Waals surface area contributed by atoms with Gasteiger partial charge in [0.05, 0.1) is 25.6 Å². The van der Waals surface area contributed by atoms with Crippen molar-refractivity contribution >= 4 is 23.9 Å². The monoisotopic (exact) mass is 966 g/mol. The van der Waals surface area contributed by atoms with Crippen LogP contribution < -0.4 is 0 Å². The quantitative estimate of drug-likeness (QED) is 0.0203. The molecule has 1 N–H and O–H groups in total. The molecule has 0 aromatic heterocycles. The molecule has 0 radical (unpaired) electrons. The number of carbonyl (C=O) groups excluding carboxylic acids is 4. The predicted octanol–water partition coefficient (Wildman–Crippen LogP) is 13.1. The Morgan fingerprint density at radius 3 is 1.26 bits per heavy atom. The number of nitrogens with zero attached hydrogens (tertiary/aromatic N) is 1. The van der Waals surface area contributed by atoms with Gasteiger partial charge in [0.1, 0.15) is 19.8 Å². The first kappa shape index (κ1) is 65.2. The zero-order valence-electron chi connectivity index (χ0n) is 44.1. The van der Waals surface area contributed by atoms with Crippen LogP contribution in [-0.2, 0) is 47.6 Å². The summed E-state index contributed by atoms with van der Waals surface area (Å²) in [6.07, 6.45) is 37.7. The maximum absolute atomic E-state index is 12.6. The molecule has 0 atom stereocenters. The molecule has 0 aliphatic rings. The molecule has 0 aliphatic heterocycles. The summed E-state index contributed by atoms with van der Waals surface area (Å²) in [6, 6.07) is 0. The number of aliphatic hydroxyl groups excluding tert-OH is 1. The fourth-order valence-electron chi connectivity index (χ4n) is 7.58. The molecule has 0 heterocycles. The Hall–Kier alpha value is -2.80. The smallest absolute Gasteiger partial charge is 0.305 e. The van der Waals surface area contributed by atoms with Crippen molar-refractivity contribution < 1.29 is 52.7 Å². The lowest BCUT2D eigenvalue weighted by Gasteiger charge is -2.21. The highest BCUT2D eigenvalue weighted by atomic mass is 16.7. The van der Waals surface area contributed by atoms with Gasteiger partial charge in [-0.05, 0) is 103 Å². The molecule has 0 amide bonds. The molecule has 0 saturated carbocycles. The van der Waals surface area contributed by atoms with Crippen molar-refractivity contribution in [3.63, 3.8) is 0 Å². The highest BCUT2D eigenvalue weighted by Crippen LogP contribution is 2.14. The van der Waals surface area contributed by atoms with Crippen molar-refractivity contribution in [2.24, 2.45) is 5.92 Å². The van der Waals surface area contributed by atoms with E-state index in [9.17, 15) is 24.3 Å². The highest BCUT2D eigenvalue weighted by molar-refractivity contribution is 5.70. The van der Waals surface area contributed by atoms with Crippen LogP contribution in [0.25, 0.3) is 0 Å². The zero-order valence-corrected chi connectivity index (χ0v) is 44.1. The molecule has 0 spiro atoms. The van der Waals surface area contributed by atoms with Crippen LogP contribution in [0.4, 0.5) is 0 Å². The van der Waals surface area contributed by atoms with Crippen LogP contribution >= 0.6 is 0 Å². The molecular weight excluding hydrogens is 863 g/mol. The predicted molar refractivity (Wildman–Crippen MR) is 275 cm³/mol. The van der Waals surface area contributed by atoms with E-state index >= 15 is 0 Å². The third kappa shape index (κ3) is 46.9. The maximum atomic E-state index is 12.6. The Labute approximate surface area is 415 Å². The average Bonchev–Trinajstić information content (AvgIpc) is 3.33. The van der Waals surface area contributed by atoms with Gasteiger partial charge in [-0.15, -0.1) is 0 Å². The van der Waals surface area contributed by atoms with Gasteiger partial charge in [0.15, 0.2) is 6.29 Å².